The largest absolute Gasteiger partial charge is 0.381 e. The molecule has 1 aliphatic heterocycles. The van der Waals surface area contributed by atoms with Crippen molar-refractivity contribution in [2.45, 2.75) is 25.7 Å². The predicted molar refractivity (Wildman–Crippen MR) is 98.5 cm³/mol. The van der Waals surface area contributed by atoms with Crippen molar-refractivity contribution in [2.24, 2.45) is 10.9 Å². The van der Waals surface area contributed by atoms with Crippen LogP contribution < -0.4 is 10.6 Å². The van der Waals surface area contributed by atoms with E-state index >= 15 is 0 Å². The molecule has 0 aliphatic carbocycles. The smallest absolute Gasteiger partial charge is 0.190 e. The Hall–Kier alpha value is -1.73. The predicted octanol–water partition coefficient (Wildman–Crippen LogP) is 2.68. The second-order valence-electron chi connectivity index (χ2n) is 6.60. The van der Waals surface area contributed by atoms with Gasteiger partial charge in [0.2, 0.25) is 0 Å². The summed E-state index contributed by atoms with van der Waals surface area (Å²) in [6.07, 6.45) is 1.96. The number of ether oxygens (including phenoxy) is 2. The van der Waals surface area contributed by atoms with Gasteiger partial charge >= 0.3 is 0 Å². The summed E-state index contributed by atoms with van der Waals surface area (Å²) in [5.74, 6) is -0.000896. The van der Waals surface area contributed by atoms with E-state index in [1.165, 1.54) is 12.1 Å². The van der Waals surface area contributed by atoms with E-state index in [1.54, 1.807) is 7.05 Å². The summed E-state index contributed by atoms with van der Waals surface area (Å²) in [7, 11) is 1.69. The number of hydrogen-bond donors (Lipinski definition) is 2. The SMILES string of the molecule is CN=C(NCCCOCC1CCOC1)NCC(C)c1ccc(F)cc1F. The maximum atomic E-state index is 13.8. The third-order valence-corrected chi connectivity index (χ3v) is 4.43. The zero-order valence-electron chi connectivity index (χ0n) is 15.6. The molecule has 146 valence electrons. The zero-order valence-corrected chi connectivity index (χ0v) is 15.6. The minimum absolute atomic E-state index is 0.105. The molecule has 2 atom stereocenters. The van der Waals surface area contributed by atoms with E-state index in [0.717, 1.165) is 45.3 Å². The second kappa shape index (κ2) is 11.1. The number of aliphatic imine (C=N–C) groups is 1. The molecule has 2 unspecified atom stereocenters. The van der Waals surface area contributed by atoms with Crippen LogP contribution >= 0.6 is 0 Å². The second-order valence-corrected chi connectivity index (χ2v) is 6.60. The van der Waals surface area contributed by atoms with Crippen LogP contribution in [-0.2, 0) is 9.47 Å². The Kier molecular flexibility index (Phi) is 8.77. The molecule has 0 radical (unpaired) electrons. The zero-order chi connectivity index (χ0) is 18.8. The molecule has 1 aromatic rings. The number of halogens is 2. The van der Waals surface area contributed by atoms with Crippen LogP contribution in [0.5, 0.6) is 0 Å². The Morgan fingerprint density at radius 3 is 2.92 bits per heavy atom. The first-order chi connectivity index (χ1) is 12.6. The van der Waals surface area contributed by atoms with Gasteiger partial charge in [-0.3, -0.25) is 4.99 Å². The van der Waals surface area contributed by atoms with Crippen LogP contribution in [0.4, 0.5) is 8.78 Å². The molecule has 0 amide bonds. The minimum Gasteiger partial charge on any atom is -0.381 e. The average Bonchev–Trinajstić information content (AvgIpc) is 3.13. The summed E-state index contributed by atoms with van der Waals surface area (Å²) in [5.41, 5.74) is 0.485. The van der Waals surface area contributed by atoms with Crippen LogP contribution in [0.2, 0.25) is 0 Å². The lowest BCUT2D eigenvalue weighted by Crippen LogP contribution is -2.39. The Labute approximate surface area is 154 Å². The van der Waals surface area contributed by atoms with E-state index in [0.29, 0.717) is 30.6 Å². The van der Waals surface area contributed by atoms with Crippen molar-refractivity contribution in [2.75, 3.05) is 46.6 Å². The fourth-order valence-corrected chi connectivity index (χ4v) is 2.83. The summed E-state index contributed by atoms with van der Waals surface area (Å²) in [6, 6.07) is 3.68. The van der Waals surface area contributed by atoms with Crippen LogP contribution in [0.3, 0.4) is 0 Å². The fourth-order valence-electron chi connectivity index (χ4n) is 2.83. The molecule has 1 aromatic carbocycles. The molecule has 26 heavy (non-hydrogen) atoms. The third-order valence-electron chi connectivity index (χ3n) is 4.43. The van der Waals surface area contributed by atoms with Gasteiger partial charge in [-0.05, 0) is 24.5 Å². The number of benzene rings is 1. The number of nitrogens with one attached hydrogen (secondary N) is 2. The number of guanidine groups is 1. The van der Waals surface area contributed by atoms with Gasteiger partial charge in [0.25, 0.3) is 0 Å². The molecular weight excluding hydrogens is 340 g/mol. The molecule has 7 heteroatoms. The van der Waals surface area contributed by atoms with Crippen molar-refractivity contribution in [1.82, 2.24) is 10.6 Å². The maximum Gasteiger partial charge on any atom is 0.190 e. The number of hydrogen-bond acceptors (Lipinski definition) is 3. The Bertz CT molecular complexity index is 578. The highest BCUT2D eigenvalue weighted by atomic mass is 19.1. The van der Waals surface area contributed by atoms with Crippen LogP contribution in [0, 0.1) is 17.6 Å². The van der Waals surface area contributed by atoms with Gasteiger partial charge < -0.3 is 20.1 Å². The lowest BCUT2D eigenvalue weighted by atomic mass is 10.0. The van der Waals surface area contributed by atoms with Gasteiger partial charge in [-0.1, -0.05) is 13.0 Å². The van der Waals surface area contributed by atoms with Crippen LogP contribution in [0.15, 0.2) is 23.2 Å². The average molecular weight is 369 g/mol. The van der Waals surface area contributed by atoms with E-state index < -0.39 is 11.6 Å². The first kappa shape index (κ1) is 20.6. The van der Waals surface area contributed by atoms with Crippen molar-refractivity contribution >= 4 is 5.96 Å². The number of rotatable bonds is 9. The molecule has 0 spiro atoms. The highest BCUT2D eigenvalue weighted by Crippen LogP contribution is 2.19. The van der Waals surface area contributed by atoms with Gasteiger partial charge in [0.05, 0.1) is 13.2 Å². The summed E-state index contributed by atoms with van der Waals surface area (Å²) in [6.45, 7) is 6.22. The van der Waals surface area contributed by atoms with E-state index in [2.05, 4.69) is 15.6 Å². The molecule has 1 aliphatic rings. The normalized spacial score (nSPS) is 18.8. The van der Waals surface area contributed by atoms with Crippen LogP contribution in [0.25, 0.3) is 0 Å². The van der Waals surface area contributed by atoms with Gasteiger partial charge in [-0.2, -0.15) is 0 Å². The summed E-state index contributed by atoms with van der Waals surface area (Å²) in [4.78, 5) is 4.15. The third kappa shape index (κ3) is 6.88. The van der Waals surface area contributed by atoms with E-state index in [1.807, 2.05) is 6.92 Å². The van der Waals surface area contributed by atoms with Crippen molar-refractivity contribution in [3.05, 3.63) is 35.4 Å². The summed E-state index contributed by atoms with van der Waals surface area (Å²) in [5, 5.41) is 6.38. The number of nitrogens with zero attached hydrogens (tertiary/aromatic N) is 1. The molecule has 0 bridgehead atoms. The van der Waals surface area contributed by atoms with E-state index in [4.69, 9.17) is 9.47 Å². The molecule has 2 rings (SSSR count). The van der Waals surface area contributed by atoms with Gasteiger partial charge in [-0.15, -0.1) is 0 Å². The molecule has 0 aromatic heterocycles. The minimum atomic E-state index is -0.563. The van der Waals surface area contributed by atoms with E-state index in [9.17, 15) is 8.78 Å². The Morgan fingerprint density at radius 2 is 2.23 bits per heavy atom. The van der Waals surface area contributed by atoms with Gasteiger partial charge in [0, 0.05) is 51.3 Å². The Balaban J connectivity index is 1.61. The highest BCUT2D eigenvalue weighted by Gasteiger charge is 2.15. The van der Waals surface area contributed by atoms with Crippen molar-refractivity contribution in [3.63, 3.8) is 0 Å². The van der Waals surface area contributed by atoms with Gasteiger partial charge in [0.1, 0.15) is 11.6 Å². The Morgan fingerprint density at radius 1 is 1.38 bits per heavy atom. The summed E-state index contributed by atoms with van der Waals surface area (Å²) >= 11 is 0. The standard InChI is InChI=1S/C19H29F2N3O2/c1-14(17-5-4-16(20)10-18(17)21)11-24-19(22-2)23-7-3-8-25-12-15-6-9-26-13-15/h4-5,10,14-15H,3,6-9,11-13H2,1-2H3,(H2,22,23,24). The van der Waals surface area contributed by atoms with Crippen molar-refractivity contribution in [3.8, 4) is 0 Å². The molecular formula is C19H29F2N3O2. The first-order valence-electron chi connectivity index (χ1n) is 9.15. The van der Waals surface area contributed by atoms with Crippen molar-refractivity contribution < 1.29 is 18.3 Å². The van der Waals surface area contributed by atoms with Crippen LogP contribution in [0.1, 0.15) is 31.2 Å². The first-order valence-corrected chi connectivity index (χ1v) is 9.15. The topological polar surface area (TPSA) is 54.9 Å². The molecule has 5 nitrogen and oxygen atoms in total. The highest BCUT2D eigenvalue weighted by molar-refractivity contribution is 5.79. The quantitative estimate of drug-likeness (QED) is 0.399. The molecule has 1 fully saturated rings. The summed E-state index contributed by atoms with van der Waals surface area (Å²) < 4.78 is 37.8. The van der Waals surface area contributed by atoms with Gasteiger partial charge in [-0.25, -0.2) is 8.78 Å². The van der Waals surface area contributed by atoms with E-state index in [-0.39, 0.29) is 5.92 Å². The fraction of sp³-hybridized carbons (Fsp3) is 0.632. The van der Waals surface area contributed by atoms with Crippen LogP contribution in [-0.4, -0.2) is 52.5 Å². The molecule has 1 saturated heterocycles. The lowest BCUT2D eigenvalue weighted by Gasteiger charge is -2.17. The molecule has 0 saturated carbocycles. The van der Waals surface area contributed by atoms with Crippen molar-refractivity contribution in [1.29, 1.82) is 0 Å². The molecule has 2 N–H and O–H groups in total. The maximum absolute atomic E-state index is 13.8. The molecule has 1 heterocycles. The monoisotopic (exact) mass is 369 g/mol. The van der Waals surface area contributed by atoms with Gasteiger partial charge in [0.15, 0.2) is 5.96 Å². The lowest BCUT2D eigenvalue weighted by molar-refractivity contribution is 0.0888.